The number of fused-ring (bicyclic) bond motifs is 1. The van der Waals surface area contributed by atoms with Gasteiger partial charge in [0.05, 0.1) is 4.90 Å². The minimum Gasteiger partial charge on any atom is -0.312 e. The van der Waals surface area contributed by atoms with Gasteiger partial charge in [-0.05, 0) is 61.9 Å². The van der Waals surface area contributed by atoms with E-state index in [4.69, 9.17) is 4.98 Å². The number of pyridine rings is 1. The van der Waals surface area contributed by atoms with Gasteiger partial charge in [0.2, 0.25) is 10.0 Å². The van der Waals surface area contributed by atoms with Crippen LogP contribution >= 0.6 is 0 Å². The first-order chi connectivity index (χ1) is 14.4. The fourth-order valence-corrected chi connectivity index (χ4v) is 5.82. The van der Waals surface area contributed by atoms with E-state index in [0.29, 0.717) is 32.0 Å². The fourth-order valence-electron chi connectivity index (χ4n) is 4.25. The van der Waals surface area contributed by atoms with Gasteiger partial charge in [-0.2, -0.15) is 4.31 Å². The predicted molar refractivity (Wildman–Crippen MR) is 107 cm³/mol. The van der Waals surface area contributed by atoms with Crippen molar-refractivity contribution >= 4 is 21.2 Å². The summed E-state index contributed by atoms with van der Waals surface area (Å²) in [5.41, 5.74) is 1.70. The van der Waals surface area contributed by atoms with Crippen LogP contribution in [0.5, 0.6) is 0 Å². The van der Waals surface area contributed by atoms with Crippen molar-refractivity contribution in [3.63, 3.8) is 0 Å². The van der Waals surface area contributed by atoms with Gasteiger partial charge in [0.25, 0.3) is 0 Å². The smallest absolute Gasteiger partial charge is 0.243 e. The molecule has 0 spiro atoms. The highest BCUT2D eigenvalue weighted by molar-refractivity contribution is 7.89. The average molecular weight is 432 g/mol. The number of sulfonamides is 1. The van der Waals surface area contributed by atoms with Crippen LogP contribution in [0.3, 0.4) is 0 Å². The van der Waals surface area contributed by atoms with Gasteiger partial charge in [0, 0.05) is 31.7 Å². The summed E-state index contributed by atoms with van der Waals surface area (Å²) in [5, 5.41) is 0. The SMILES string of the molecule is O=S(=O)(c1ccc(F)c(F)c1)N1CCCC(Cn2c(C3CC3)nc3cccnc32)C1. The van der Waals surface area contributed by atoms with E-state index in [0.717, 1.165) is 54.4 Å². The van der Waals surface area contributed by atoms with E-state index in [2.05, 4.69) is 9.55 Å². The van der Waals surface area contributed by atoms with Crippen molar-refractivity contribution in [3.05, 3.63) is 54.0 Å². The maximum Gasteiger partial charge on any atom is 0.243 e. The minimum atomic E-state index is -3.88. The van der Waals surface area contributed by atoms with Crippen LogP contribution in [0.25, 0.3) is 11.2 Å². The second-order valence-electron chi connectivity index (χ2n) is 8.15. The predicted octanol–water partition coefficient (Wildman–Crippen LogP) is 3.69. The molecule has 2 aliphatic rings. The molecule has 0 radical (unpaired) electrons. The van der Waals surface area contributed by atoms with Crippen molar-refractivity contribution in [1.29, 1.82) is 0 Å². The van der Waals surface area contributed by atoms with Gasteiger partial charge in [0.1, 0.15) is 11.3 Å². The Labute approximate surface area is 173 Å². The lowest BCUT2D eigenvalue weighted by molar-refractivity contribution is 0.245. The number of nitrogens with zero attached hydrogens (tertiary/aromatic N) is 4. The molecule has 3 aromatic rings. The second-order valence-corrected chi connectivity index (χ2v) is 10.1. The van der Waals surface area contributed by atoms with Gasteiger partial charge < -0.3 is 4.57 Å². The van der Waals surface area contributed by atoms with Crippen LogP contribution in [0.2, 0.25) is 0 Å². The molecular formula is C21H22F2N4O2S. The quantitative estimate of drug-likeness (QED) is 0.617. The van der Waals surface area contributed by atoms with Gasteiger partial charge >= 0.3 is 0 Å². The third-order valence-electron chi connectivity index (χ3n) is 5.93. The van der Waals surface area contributed by atoms with Crippen molar-refractivity contribution in [2.75, 3.05) is 13.1 Å². The molecule has 6 nitrogen and oxygen atoms in total. The monoisotopic (exact) mass is 432 g/mol. The highest BCUT2D eigenvalue weighted by atomic mass is 32.2. The Kier molecular flexibility index (Phi) is 4.82. The third-order valence-corrected chi connectivity index (χ3v) is 7.79. The molecule has 1 aromatic carbocycles. The summed E-state index contributed by atoms with van der Waals surface area (Å²) in [6.07, 6.45) is 5.58. The zero-order chi connectivity index (χ0) is 20.9. The third kappa shape index (κ3) is 3.50. The Balaban J connectivity index is 1.41. The van der Waals surface area contributed by atoms with Crippen molar-refractivity contribution in [2.45, 2.75) is 43.0 Å². The molecule has 1 saturated heterocycles. The normalized spacial score (nSPS) is 20.7. The molecule has 158 valence electrons. The fraction of sp³-hybridized carbons (Fsp3) is 0.429. The van der Waals surface area contributed by atoms with Crippen LogP contribution in [0.15, 0.2) is 41.4 Å². The molecule has 0 bridgehead atoms. The highest BCUT2D eigenvalue weighted by Crippen LogP contribution is 2.41. The van der Waals surface area contributed by atoms with E-state index < -0.39 is 21.7 Å². The van der Waals surface area contributed by atoms with Crippen LogP contribution in [0.1, 0.15) is 37.4 Å². The Morgan fingerprint density at radius 3 is 2.70 bits per heavy atom. The molecule has 0 amide bonds. The van der Waals surface area contributed by atoms with E-state index in [1.165, 1.54) is 4.31 Å². The van der Waals surface area contributed by atoms with Crippen molar-refractivity contribution in [1.82, 2.24) is 18.8 Å². The van der Waals surface area contributed by atoms with E-state index in [9.17, 15) is 17.2 Å². The number of benzene rings is 1. The van der Waals surface area contributed by atoms with E-state index >= 15 is 0 Å². The Morgan fingerprint density at radius 1 is 1.10 bits per heavy atom. The van der Waals surface area contributed by atoms with Crippen molar-refractivity contribution in [2.24, 2.45) is 5.92 Å². The van der Waals surface area contributed by atoms with Gasteiger partial charge in [-0.15, -0.1) is 0 Å². The lowest BCUT2D eigenvalue weighted by atomic mass is 9.99. The van der Waals surface area contributed by atoms with Gasteiger partial charge in [0.15, 0.2) is 17.3 Å². The number of hydrogen-bond donors (Lipinski definition) is 0. The van der Waals surface area contributed by atoms with Crippen LogP contribution in [-0.2, 0) is 16.6 Å². The van der Waals surface area contributed by atoms with Crippen molar-refractivity contribution in [3.8, 4) is 0 Å². The molecule has 1 unspecified atom stereocenters. The van der Waals surface area contributed by atoms with Crippen molar-refractivity contribution < 1.29 is 17.2 Å². The molecular weight excluding hydrogens is 410 g/mol. The molecule has 1 aliphatic carbocycles. The Morgan fingerprint density at radius 2 is 1.93 bits per heavy atom. The lowest BCUT2D eigenvalue weighted by Crippen LogP contribution is -2.41. The molecule has 1 saturated carbocycles. The summed E-state index contributed by atoms with van der Waals surface area (Å²) in [6, 6.07) is 6.55. The molecule has 30 heavy (non-hydrogen) atoms. The number of rotatable bonds is 5. The van der Waals surface area contributed by atoms with E-state index in [1.807, 2.05) is 12.1 Å². The number of hydrogen-bond acceptors (Lipinski definition) is 4. The Bertz CT molecular complexity index is 1210. The summed E-state index contributed by atoms with van der Waals surface area (Å²) in [7, 11) is -3.88. The standard InChI is InChI=1S/C21H22F2N4O2S/c22-17-8-7-16(11-18(17)23)30(28,29)26-10-2-3-14(12-26)13-27-20(15-5-6-15)25-19-4-1-9-24-21(19)27/h1,4,7-9,11,14-15H,2-3,5-6,10,12-13H2. The first-order valence-electron chi connectivity index (χ1n) is 10.2. The largest absolute Gasteiger partial charge is 0.312 e. The molecule has 5 rings (SSSR count). The Hall–Kier alpha value is -2.39. The van der Waals surface area contributed by atoms with Crippen LogP contribution in [-0.4, -0.2) is 40.3 Å². The summed E-state index contributed by atoms with van der Waals surface area (Å²) >= 11 is 0. The molecule has 1 atom stereocenters. The maximum atomic E-state index is 13.6. The lowest BCUT2D eigenvalue weighted by Gasteiger charge is -2.32. The van der Waals surface area contributed by atoms with E-state index in [-0.39, 0.29) is 10.8 Å². The molecule has 1 aliphatic heterocycles. The summed E-state index contributed by atoms with van der Waals surface area (Å²) in [5.74, 6) is -0.642. The highest BCUT2D eigenvalue weighted by Gasteiger charge is 2.34. The first kappa shape index (κ1) is 19.6. The van der Waals surface area contributed by atoms with Gasteiger partial charge in [-0.25, -0.2) is 27.2 Å². The first-order valence-corrected chi connectivity index (χ1v) is 11.6. The topological polar surface area (TPSA) is 68.1 Å². The number of piperidine rings is 1. The number of aromatic nitrogens is 3. The summed E-state index contributed by atoms with van der Waals surface area (Å²) in [6.45, 7) is 1.34. The molecule has 3 heterocycles. The summed E-state index contributed by atoms with van der Waals surface area (Å²) < 4.78 is 56.4. The van der Waals surface area contributed by atoms with Crippen LogP contribution in [0, 0.1) is 17.6 Å². The van der Waals surface area contributed by atoms with Crippen LogP contribution < -0.4 is 0 Å². The van der Waals surface area contributed by atoms with Crippen LogP contribution in [0.4, 0.5) is 8.78 Å². The zero-order valence-corrected chi connectivity index (χ0v) is 17.2. The second kappa shape index (κ2) is 7.39. The maximum absolute atomic E-state index is 13.6. The van der Waals surface area contributed by atoms with E-state index in [1.54, 1.807) is 6.20 Å². The minimum absolute atomic E-state index is 0.0933. The molecule has 2 fully saturated rings. The average Bonchev–Trinajstić information content (AvgIpc) is 3.53. The summed E-state index contributed by atoms with van der Waals surface area (Å²) in [4.78, 5) is 9.05. The molecule has 0 N–H and O–H groups in total. The molecule has 9 heteroatoms. The molecule has 2 aromatic heterocycles. The number of imidazole rings is 1. The number of halogens is 2. The van der Waals surface area contributed by atoms with Gasteiger partial charge in [-0.3, -0.25) is 0 Å². The van der Waals surface area contributed by atoms with Gasteiger partial charge in [-0.1, -0.05) is 0 Å². The zero-order valence-electron chi connectivity index (χ0n) is 16.3.